The van der Waals surface area contributed by atoms with Crippen LogP contribution in [0.25, 0.3) is 0 Å². The Balaban J connectivity index is 2.31. The number of hydrogen-bond donors (Lipinski definition) is 1. The van der Waals surface area contributed by atoms with Gasteiger partial charge in [0.1, 0.15) is 23.4 Å². The van der Waals surface area contributed by atoms with Crippen LogP contribution in [0.15, 0.2) is 41.6 Å². The number of esters is 1. The molecule has 0 saturated carbocycles. The second-order valence-corrected chi connectivity index (χ2v) is 7.86. The van der Waals surface area contributed by atoms with Gasteiger partial charge in [0.15, 0.2) is 14.9 Å². The first-order valence-corrected chi connectivity index (χ1v) is 9.82. The summed E-state index contributed by atoms with van der Waals surface area (Å²) in [5.74, 6) is 0.238. The number of pyridine rings is 1. The first-order chi connectivity index (χ1) is 12.8. The highest BCUT2D eigenvalue weighted by Crippen LogP contribution is 2.28. The molecule has 1 atom stereocenters. The summed E-state index contributed by atoms with van der Waals surface area (Å²) >= 11 is 0. The maximum absolute atomic E-state index is 11.9. The zero-order valence-electron chi connectivity index (χ0n) is 15.2. The molecule has 0 amide bonds. The van der Waals surface area contributed by atoms with Crippen LogP contribution in [0.4, 0.5) is 0 Å². The molecular weight excluding hydrogens is 374 g/mol. The van der Waals surface area contributed by atoms with Crippen molar-refractivity contribution in [3.63, 3.8) is 0 Å². The maximum atomic E-state index is 11.9. The summed E-state index contributed by atoms with van der Waals surface area (Å²) in [5, 5.41) is 9.09. The Morgan fingerprint density at radius 3 is 2.44 bits per heavy atom. The maximum Gasteiger partial charge on any atom is 0.338 e. The van der Waals surface area contributed by atoms with Gasteiger partial charge in [-0.3, -0.25) is 0 Å². The van der Waals surface area contributed by atoms with E-state index < -0.39 is 21.9 Å². The SMILES string of the molecule is CCS(=O)(=O)c1ccc(Oc2cc(O[C@@H](C)CO)cc(C(=O)OC)c2)cn1. The molecule has 1 N–H and O–H groups in total. The lowest BCUT2D eigenvalue weighted by Gasteiger charge is -2.14. The largest absolute Gasteiger partial charge is 0.488 e. The van der Waals surface area contributed by atoms with Gasteiger partial charge in [-0.05, 0) is 31.2 Å². The molecule has 0 radical (unpaired) electrons. The number of ether oxygens (including phenoxy) is 3. The summed E-state index contributed by atoms with van der Waals surface area (Å²) in [6, 6.07) is 7.29. The molecule has 1 aromatic heterocycles. The summed E-state index contributed by atoms with van der Waals surface area (Å²) < 4.78 is 39.5. The lowest BCUT2D eigenvalue weighted by molar-refractivity contribution is 0.0599. The van der Waals surface area contributed by atoms with E-state index in [0.717, 1.165) is 0 Å². The van der Waals surface area contributed by atoms with E-state index in [9.17, 15) is 13.2 Å². The van der Waals surface area contributed by atoms with Crippen LogP contribution >= 0.6 is 0 Å². The average molecular weight is 395 g/mol. The fraction of sp³-hybridized carbons (Fsp3) is 0.333. The molecule has 9 heteroatoms. The fourth-order valence-electron chi connectivity index (χ4n) is 2.10. The predicted octanol–water partition coefficient (Wildman–Crippen LogP) is 2.21. The molecule has 1 heterocycles. The van der Waals surface area contributed by atoms with Crippen LogP contribution in [0.1, 0.15) is 24.2 Å². The Morgan fingerprint density at radius 1 is 1.19 bits per heavy atom. The van der Waals surface area contributed by atoms with Gasteiger partial charge in [-0.15, -0.1) is 0 Å². The summed E-state index contributed by atoms with van der Waals surface area (Å²) in [7, 11) is -2.15. The molecule has 0 aliphatic carbocycles. The second-order valence-electron chi connectivity index (χ2n) is 5.63. The highest BCUT2D eigenvalue weighted by atomic mass is 32.2. The van der Waals surface area contributed by atoms with Crippen molar-refractivity contribution in [2.75, 3.05) is 19.5 Å². The van der Waals surface area contributed by atoms with Crippen LogP contribution in [0.5, 0.6) is 17.2 Å². The average Bonchev–Trinajstić information content (AvgIpc) is 2.67. The topological polar surface area (TPSA) is 112 Å². The summed E-state index contributed by atoms with van der Waals surface area (Å²) in [6.45, 7) is 3.01. The first kappa shape index (κ1) is 20.7. The van der Waals surface area contributed by atoms with Gasteiger partial charge in [0, 0.05) is 6.07 Å². The van der Waals surface area contributed by atoms with Gasteiger partial charge in [0.2, 0.25) is 0 Å². The van der Waals surface area contributed by atoms with Crippen LogP contribution in [0, 0.1) is 0 Å². The summed E-state index contributed by atoms with van der Waals surface area (Å²) in [6.07, 6.45) is 0.801. The number of carbonyl (C=O) groups excluding carboxylic acids is 1. The standard InChI is InChI=1S/C18H21NO7S/c1-4-27(22,23)17-6-5-14(10-19-17)26-16-8-13(18(21)24-3)7-15(9-16)25-12(2)11-20/h5-10,12,20H,4,11H2,1-3H3/t12-/m0/s1. The minimum absolute atomic E-state index is 0.0403. The van der Waals surface area contributed by atoms with E-state index >= 15 is 0 Å². The lowest BCUT2D eigenvalue weighted by atomic mass is 10.2. The Hall–Kier alpha value is -2.65. The van der Waals surface area contributed by atoms with E-state index in [1.54, 1.807) is 6.92 Å². The number of benzene rings is 1. The van der Waals surface area contributed by atoms with Crippen molar-refractivity contribution in [3.8, 4) is 17.2 Å². The van der Waals surface area contributed by atoms with E-state index in [-0.39, 0.29) is 34.4 Å². The molecule has 0 saturated heterocycles. The first-order valence-electron chi connectivity index (χ1n) is 8.16. The Kier molecular flexibility index (Phi) is 6.75. The third-order valence-corrected chi connectivity index (χ3v) is 5.18. The highest BCUT2D eigenvalue weighted by Gasteiger charge is 2.15. The molecule has 2 aromatic rings. The molecular formula is C18H21NO7S. The molecule has 1 aromatic carbocycles. The zero-order valence-corrected chi connectivity index (χ0v) is 16.0. The molecule has 8 nitrogen and oxygen atoms in total. The number of methoxy groups -OCH3 is 1. The third kappa shape index (κ3) is 5.41. The normalized spacial score (nSPS) is 12.3. The van der Waals surface area contributed by atoms with Gasteiger partial charge in [-0.1, -0.05) is 6.92 Å². The minimum Gasteiger partial charge on any atom is -0.488 e. The number of sulfone groups is 1. The van der Waals surface area contributed by atoms with Crippen molar-refractivity contribution < 1.29 is 32.5 Å². The molecule has 0 aliphatic rings. The van der Waals surface area contributed by atoms with Gasteiger partial charge < -0.3 is 19.3 Å². The van der Waals surface area contributed by atoms with Crippen molar-refractivity contribution in [2.45, 2.75) is 25.0 Å². The molecule has 0 unspecified atom stereocenters. The monoisotopic (exact) mass is 395 g/mol. The molecule has 0 aliphatic heterocycles. The molecule has 27 heavy (non-hydrogen) atoms. The number of nitrogens with zero attached hydrogens (tertiary/aromatic N) is 1. The van der Waals surface area contributed by atoms with Crippen LogP contribution in [0.2, 0.25) is 0 Å². The smallest absolute Gasteiger partial charge is 0.338 e. The Morgan fingerprint density at radius 2 is 1.89 bits per heavy atom. The summed E-state index contributed by atoms with van der Waals surface area (Å²) in [4.78, 5) is 15.8. The van der Waals surface area contributed by atoms with E-state index in [2.05, 4.69) is 4.98 Å². The van der Waals surface area contributed by atoms with Crippen molar-refractivity contribution in [2.24, 2.45) is 0 Å². The van der Waals surface area contributed by atoms with Crippen molar-refractivity contribution in [3.05, 3.63) is 42.1 Å². The molecule has 146 valence electrons. The molecule has 0 bridgehead atoms. The number of hydrogen-bond acceptors (Lipinski definition) is 8. The van der Waals surface area contributed by atoms with Gasteiger partial charge in [0.25, 0.3) is 0 Å². The van der Waals surface area contributed by atoms with Gasteiger partial charge in [-0.25, -0.2) is 18.2 Å². The Bertz CT molecular complexity index is 894. The van der Waals surface area contributed by atoms with E-state index in [0.29, 0.717) is 5.75 Å². The van der Waals surface area contributed by atoms with Crippen LogP contribution in [-0.2, 0) is 14.6 Å². The Labute approximate surface area is 157 Å². The van der Waals surface area contributed by atoms with Crippen LogP contribution < -0.4 is 9.47 Å². The predicted molar refractivity (Wildman–Crippen MR) is 97.0 cm³/mol. The third-order valence-electron chi connectivity index (χ3n) is 3.54. The highest BCUT2D eigenvalue weighted by molar-refractivity contribution is 7.91. The number of aliphatic hydroxyl groups excluding tert-OH is 1. The number of aliphatic hydroxyl groups is 1. The molecule has 0 fully saturated rings. The van der Waals surface area contributed by atoms with Gasteiger partial charge in [-0.2, -0.15) is 0 Å². The minimum atomic E-state index is -3.40. The van der Waals surface area contributed by atoms with E-state index in [1.807, 2.05) is 0 Å². The van der Waals surface area contributed by atoms with Crippen LogP contribution in [0.3, 0.4) is 0 Å². The van der Waals surface area contributed by atoms with Crippen molar-refractivity contribution >= 4 is 15.8 Å². The van der Waals surface area contributed by atoms with Gasteiger partial charge in [0.05, 0.1) is 31.2 Å². The lowest BCUT2D eigenvalue weighted by Crippen LogP contribution is -2.16. The second kappa shape index (κ2) is 8.83. The summed E-state index contributed by atoms with van der Waals surface area (Å²) in [5.41, 5.74) is 0.202. The fourth-order valence-corrected chi connectivity index (χ4v) is 2.88. The quantitative estimate of drug-likeness (QED) is 0.677. The molecule has 0 spiro atoms. The van der Waals surface area contributed by atoms with Crippen molar-refractivity contribution in [1.82, 2.24) is 4.98 Å². The van der Waals surface area contributed by atoms with Gasteiger partial charge >= 0.3 is 5.97 Å². The number of rotatable bonds is 8. The van der Waals surface area contributed by atoms with E-state index in [4.69, 9.17) is 19.3 Å². The zero-order chi connectivity index (χ0) is 20.0. The number of carbonyl (C=O) groups is 1. The van der Waals surface area contributed by atoms with Crippen molar-refractivity contribution in [1.29, 1.82) is 0 Å². The molecule has 2 rings (SSSR count). The number of aromatic nitrogens is 1. The van der Waals surface area contributed by atoms with E-state index in [1.165, 1.54) is 50.6 Å². The van der Waals surface area contributed by atoms with Crippen LogP contribution in [-0.4, -0.2) is 50.1 Å².